The standard InChI is InChI=1S/C31H34F2N4O2/c1-39-26-9-2-22(3-10-26)31(38)36-18-16-34(17-19-36)14-15-35-13-12-30-28(21-35)27-20-24(33)6-11-29(27)37(30)25-7-4-23(32)5-8-25/h2-11,20,28,30H,12-19,21H2,1H3. The zero-order chi connectivity index (χ0) is 26.9. The maximum absolute atomic E-state index is 14.3. The molecule has 0 spiro atoms. The van der Waals surface area contributed by atoms with Crippen LogP contribution in [0, 0.1) is 11.6 Å². The van der Waals surface area contributed by atoms with Gasteiger partial charge in [0, 0.05) is 81.3 Å². The third-order valence-electron chi connectivity index (χ3n) is 8.47. The lowest BCUT2D eigenvalue weighted by Crippen LogP contribution is -2.51. The van der Waals surface area contributed by atoms with Crippen LogP contribution in [0.25, 0.3) is 0 Å². The van der Waals surface area contributed by atoms with Gasteiger partial charge < -0.3 is 19.4 Å². The van der Waals surface area contributed by atoms with Gasteiger partial charge in [0.25, 0.3) is 5.91 Å². The summed E-state index contributed by atoms with van der Waals surface area (Å²) in [5.41, 5.74) is 3.71. The Morgan fingerprint density at radius 1 is 0.846 bits per heavy atom. The number of piperazine rings is 1. The lowest BCUT2D eigenvalue weighted by Gasteiger charge is -2.40. The minimum absolute atomic E-state index is 0.0669. The van der Waals surface area contributed by atoms with E-state index < -0.39 is 0 Å². The van der Waals surface area contributed by atoms with Crippen molar-refractivity contribution in [1.82, 2.24) is 14.7 Å². The smallest absolute Gasteiger partial charge is 0.253 e. The van der Waals surface area contributed by atoms with Crippen LogP contribution >= 0.6 is 0 Å². The van der Waals surface area contributed by atoms with E-state index in [1.807, 2.05) is 47.4 Å². The first-order valence-corrected chi connectivity index (χ1v) is 13.7. The number of hydrogen-bond acceptors (Lipinski definition) is 5. The van der Waals surface area contributed by atoms with Gasteiger partial charge in [-0.2, -0.15) is 0 Å². The zero-order valence-corrected chi connectivity index (χ0v) is 22.2. The summed E-state index contributed by atoms with van der Waals surface area (Å²) in [6.45, 7) is 6.86. The second kappa shape index (κ2) is 10.9. The summed E-state index contributed by atoms with van der Waals surface area (Å²) in [5, 5.41) is 0. The van der Waals surface area contributed by atoms with E-state index in [2.05, 4.69) is 14.7 Å². The predicted molar refractivity (Wildman–Crippen MR) is 148 cm³/mol. The molecule has 1 amide bonds. The van der Waals surface area contributed by atoms with E-state index >= 15 is 0 Å². The first-order valence-electron chi connectivity index (χ1n) is 13.7. The Hall–Kier alpha value is -3.49. The third-order valence-corrected chi connectivity index (χ3v) is 8.47. The molecule has 0 aliphatic carbocycles. The van der Waals surface area contributed by atoms with Crippen LogP contribution in [0.4, 0.5) is 20.2 Å². The molecule has 0 bridgehead atoms. The van der Waals surface area contributed by atoms with Gasteiger partial charge in [-0.15, -0.1) is 0 Å². The molecule has 39 heavy (non-hydrogen) atoms. The van der Waals surface area contributed by atoms with Crippen molar-refractivity contribution < 1.29 is 18.3 Å². The number of carbonyl (C=O) groups is 1. The lowest BCUT2D eigenvalue weighted by atomic mass is 9.89. The van der Waals surface area contributed by atoms with Crippen LogP contribution in [-0.4, -0.2) is 86.1 Å². The molecule has 8 heteroatoms. The number of fused-ring (bicyclic) bond motifs is 3. The highest BCUT2D eigenvalue weighted by molar-refractivity contribution is 5.94. The summed E-state index contributed by atoms with van der Waals surface area (Å²) in [7, 11) is 1.62. The van der Waals surface area contributed by atoms with E-state index in [1.165, 1.54) is 18.2 Å². The van der Waals surface area contributed by atoms with Crippen molar-refractivity contribution in [2.24, 2.45) is 0 Å². The molecule has 2 saturated heterocycles. The van der Waals surface area contributed by atoms with E-state index in [1.54, 1.807) is 13.2 Å². The van der Waals surface area contributed by atoms with Crippen LogP contribution in [0.3, 0.4) is 0 Å². The summed E-state index contributed by atoms with van der Waals surface area (Å²) in [6, 6.07) is 19.2. The highest BCUT2D eigenvalue weighted by atomic mass is 19.1. The monoisotopic (exact) mass is 532 g/mol. The van der Waals surface area contributed by atoms with E-state index in [-0.39, 0.29) is 29.5 Å². The summed E-state index contributed by atoms with van der Waals surface area (Å²) in [4.78, 5) is 22.0. The Kier molecular flexibility index (Phi) is 7.23. The minimum atomic E-state index is -0.255. The van der Waals surface area contributed by atoms with E-state index in [9.17, 15) is 13.6 Å². The number of likely N-dealkylation sites (tertiary alicyclic amines) is 1. The van der Waals surface area contributed by atoms with E-state index in [4.69, 9.17) is 4.74 Å². The summed E-state index contributed by atoms with van der Waals surface area (Å²) >= 11 is 0. The maximum Gasteiger partial charge on any atom is 0.253 e. The highest BCUT2D eigenvalue weighted by Crippen LogP contribution is 2.48. The molecule has 2 unspecified atom stereocenters. The number of nitrogens with zero attached hydrogens (tertiary/aromatic N) is 4. The highest BCUT2D eigenvalue weighted by Gasteiger charge is 2.42. The van der Waals surface area contributed by atoms with Gasteiger partial charge in [0.2, 0.25) is 0 Å². The van der Waals surface area contributed by atoms with Gasteiger partial charge in [0.1, 0.15) is 17.4 Å². The molecule has 3 aromatic carbocycles. The minimum Gasteiger partial charge on any atom is -0.497 e. The van der Waals surface area contributed by atoms with Crippen molar-refractivity contribution in [3.63, 3.8) is 0 Å². The van der Waals surface area contributed by atoms with Gasteiger partial charge in [-0.25, -0.2) is 8.78 Å². The molecular weight excluding hydrogens is 498 g/mol. The van der Waals surface area contributed by atoms with Crippen molar-refractivity contribution >= 4 is 17.3 Å². The van der Waals surface area contributed by atoms with E-state index in [0.717, 1.165) is 81.5 Å². The molecule has 0 radical (unpaired) electrons. The molecule has 3 aliphatic heterocycles. The second-order valence-electron chi connectivity index (χ2n) is 10.7. The Bertz CT molecular complexity index is 1310. The first-order chi connectivity index (χ1) is 19.0. The van der Waals surface area contributed by atoms with Gasteiger partial charge in [-0.3, -0.25) is 9.69 Å². The van der Waals surface area contributed by atoms with Gasteiger partial charge in [-0.1, -0.05) is 0 Å². The van der Waals surface area contributed by atoms with Gasteiger partial charge in [0.15, 0.2) is 0 Å². The average molecular weight is 533 g/mol. The van der Waals surface area contributed by atoms with Crippen LogP contribution in [0.5, 0.6) is 5.75 Å². The Labute approximate surface area is 228 Å². The van der Waals surface area contributed by atoms with E-state index in [0.29, 0.717) is 5.56 Å². The fourth-order valence-corrected chi connectivity index (χ4v) is 6.35. The predicted octanol–water partition coefficient (Wildman–Crippen LogP) is 4.74. The van der Waals surface area contributed by atoms with Crippen LogP contribution in [-0.2, 0) is 0 Å². The number of methoxy groups -OCH3 is 1. The van der Waals surface area contributed by atoms with Crippen molar-refractivity contribution in [3.05, 3.63) is 89.5 Å². The maximum atomic E-state index is 14.3. The van der Waals surface area contributed by atoms with Gasteiger partial charge in [-0.05, 0) is 78.7 Å². The number of ether oxygens (including phenoxy) is 1. The van der Waals surface area contributed by atoms with Crippen molar-refractivity contribution in [3.8, 4) is 5.75 Å². The molecule has 2 atom stereocenters. The number of hydrogen-bond donors (Lipinski definition) is 0. The average Bonchev–Trinajstić information content (AvgIpc) is 3.29. The first kappa shape index (κ1) is 25.8. The lowest BCUT2D eigenvalue weighted by molar-refractivity contribution is 0.0615. The Morgan fingerprint density at radius 2 is 1.54 bits per heavy atom. The quantitative estimate of drug-likeness (QED) is 0.459. The number of anilines is 2. The SMILES string of the molecule is COc1ccc(C(=O)N2CCN(CCN3CCC4C(C3)c3cc(F)ccc3N4c3ccc(F)cc3)CC2)cc1. The van der Waals surface area contributed by atoms with Crippen LogP contribution in [0.2, 0.25) is 0 Å². The molecule has 0 N–H and O–H groups in total. The summed E-state index contributed by atoms with van der Waals surface area (Å²) in [6.07, 6.45) is 0.961. The third kappa shape index (κ3) is 5.23. The fraction of sp³-hybridized carbons (Fsp3) is 0.387. The summed E-state index contributed by atoms with van der Waals surface area (Å²) < 4.78 is 33.1. The number of benzene rings is 3. The van der Waals surface area contributed by atoms with Gasteiger partial charge in [0.05, 0.1) is 7.11 Å². The molecule has 0 saturated carbocycles. The Balaban J connectivity index is 1.05. The zero-order valence-electron chi connectivity index (χ0n) is 22.2. The van der Waals surface area contributed by atoms with Crippen molar-refractivity contribution in [2.75, 3.05) is 64.4 Å². The van der Waals surface area contributed by atoms with Crippen LogP contribution < -0.4 is 9.64 Å². The number of amides is 1. The molecule has 3 aromatic rings. The summed E-state index contributed by atoms with van der Waals surface area (Å²) in [5.74, 6) is 0.544. The van der Waals surface area contributed by atoms with Crippen LogP contribution in [0.15, 0.2) is 66.7 Å². The fourth-order valence-electron chi connectivity index (χ4n) is 6.35. The number of piperidine rings is 1. The normalized spacial score (nSPS) is 21.5. The molecule has 3 aliphatic rings. The van der Waals surface area contributed by atoms with Gasteiger partial charge >= 0.3 is 0 Å². The molecule has 0 aromatic heterocycles. The second-order valence-corrected chi connectivity index (χ2v) is 10.7. The molecule has 204 valence electrons. The largest absolute Gasteiger partial charge is 0.497 e. The molecule has 6 nitrogen and oxygen atoms in total. The Morgan fingerprint density at radius 3 is 2.26 bits per heavy atom. The molecule has 6 rings (SSSR count). The number of halogens is 2. The van der Waals surface area contributed by atoms with Crippen LogP contribution in [0.1, 0.15) is 28.3 Å². The molecule has 2 fully saturated rings. The number of rotatable bonds is 6. The topological polar surface area (TPSA) is 39.3 Å². The number of carbonyl (C=O) groups excluding carboxylic acids is 1. The molecule has 3 heterocycles. The van der Waals surface area contributed by atoms with Crippen molar-refractivity contribution in [2.45, 2.75) is 18.4 Å². The van der Waals surface area contributed by atoms with Crippen molar-refractivity contribution in [1.29, 1.82) is 0 Å². The molecular formula is C31H34F2N4O2.